The molecular formula is C22H26N4O2. The van der Waals surface area contributed by atoms with E-state index in [9.17, 15) is 0 Å². The van der Waals surface area contributed by atoms with Gasteiger partial charge in [-0.15, -0.1) is 0 Å². The van der Waals surface area contributed by atoms with Crippen LogP contribution in [0, 0.1) is 0 Å². The van der Waals surface area contributed by atoms with Crippen LogP contribution in [-0.4, -0.2) is 62.3 Å². The maximum absolute atomic E-state index is 6.10. The summed E-state index contributed by atoms with van der Waals surface area (Å²) in [6.45, 7) is 7.55. The van der Waals surface area contributed by atoms with Gasteiger partial charge in [0.1, 0.15) is 5.75 Å². The van der Waals surface area contributed by atoms with Crippen LogP contribution in [0.2, 0.25) is 0 Å². The molecule has 0 aromatic heterocycles. The van der Waals surface area contributed by atoms with E-state index in [4.69, 9.17) is 9.47 Å². The molecule has 1 fully saturated rings. The standard InChI is InChI=1S/C22H26N4O2/c1-3-22-19-15-17(28-12-2-8-25-10-13-27-14-11-25)4-5-18(19)20(16-26(22)9-1)21-6-7-23-24-21/h3-7,15H,1-2,8-14,16H2. The van der Waals surface area contributed by atoms with Gasteiger partial charge in [0.15, 0.2) is 0 Å². The molecule has 6 heteroatoms. The molecule has 1 saturated heterocycles. The summed E-state index contributed by atoms with van der Waals surface area (Å²) in [4.78, 5) is 4.89. The highest BCUT2D eigenvalue weighted by molar-refractivity contribution is 5.87. The summed E-state index contributed by atoms with van der Waals surface area (Å²) in [6.07, 6.45) is 8.24. The second-order valence-corrected chi connectivity index (χ2v) is 7.56. The average Bonchev–Trinajstić information content (AvgIpc) is 3.43. The molecule has 0 radical (unpaired) electrons. The van der Waals surface area contributed by atoms with Gasteiger partial charge in [-0.25, -0.2) is 0 Å². The molecule has 0 aliphatic carbocycles. The molecule has 0 bridgehead atoms. The van der Waals surface area contributed by atoms with Gasteiger partial charge in [-0.05, 0) is 36.6 Å². The first-order valence-corrected chi connectivity index (χ1v) is 10.2. The zero-order chi connectivity index (χ0) is 18.8. The van der Waals surface area contributed by atoms with Crippen LogP contribution in [0.25, 0.3) is 11.3 Å². The molecular weight excluding hydrogens is 352 g/mol. The predicted molar refractivity (Wildman–Crippen MR) is 109 cm³/mol. The van der Waals surface area contributed by atoms with Crippen molar-refractivity contribution in [3.8, 4) is 5.75 Å². The fourth-order valence-electron chi connectivity index (χ4n) is 4.33. The van der Waals surface area contributed by atoms with Crippen molar-refractivity contribution in [2.45, 2.75) is 12.8 Å². The third kappa shape index (κ3) is 3.50. The predicted octanol–water partition coefficient (Wildman–Crippen LogP) is 3.54. The molecule has 0 spiro atoms. The van der Waals surface area contributed by atoms with Gasteiger partial charge in [0, 0.05) is 49.6 Å². The fourth-order valence-corrected chi connectivity index (χ4v) is 4.33. The van der Waals surface area contributed by atoms with E-state index >= 15 is 0 Å². The molecule has 0 saturated carbocycles. The summed E-state index contributed by atoms with van der Waals surface area (Å²) < 4.78 is 11.5. The molecule has 0 amide bonds. The Bertz CT molecular complexity index is 851. The van der Waals surface area contributed by atoms with E-state index in [1.165, 1.54) is 22.4 Å². The number of rotatable bonds is 5. The van der Waals surface area contributed by atoms with Gasteiger partial charge in [-0.3, -0.25) is 4.90 Å². The lowest BCUT2D eigenvalue weighted by Gasteiger charge is -2.32. The van der Waals surface area contributed by atoms with Gasteiger partial charge < -0.3 is 14.4 Å². The Labute approximate surface area is 165 Å². The van der Waals surface area contributed by atoms with Crippen molar-refractivity contribution in [3.63, 3.8) is 0 Å². The van der Waals surface area contributed by atoms with E-state index in [1.807, 2.05) is 6.08 Å². The van der Waals surface area contributed by atoms with Crippen molar-refractivity contribution in [3.05, 3.63) is 53.4 Å². The Hall–Kier alpha value is -2.44. The van der Waals surface area contributed by atoms with Crippen LogP contribution in [0.4, 0.5) is 0 Å². The Morgan fingerprint density at radius 1 is 1.11 bits per heavy atom. The van der Waals surface area contributed by atoms with Crippen LogP contribution < -0.4 is 4.74 Å². The first kappa shape index (κ1) is 17.6. The topological polar surface area (TPSA) is 49.7 Å². The SMILES string of the molecule is C1=CC(=C2CN3CCC=C3c3cc(OCCCN4CCOCC4)ccc32)N=N1. The summed E-state index contributed by atoms with van der Waals surface area (Å²) in [5.41, 5.74) is 6.08. The Morgan fingerprint density at radius 3 is 2.89 bits per heavy atom. The number of allylic oxidation sites excluding steroid dienone is 1. The normalized spacial score (nSPS) is 23.7. The molecule has 6 nitrogen and oxygen atoms in total. The number of ether oxygens (including phenoxy) is 2. The summed E-state index contributed by atoms with van der Waals surface area (Å²) in [6, 6.07) is 6.48. The minimum Gasteiger partial charge on any atom is -0.494 e. The summed E-state index contributed by atoms with van der Waals surface area (Å²) in [5, 5.41) is 8.32. The van der Waals surface area contributed by atoms with E-state index in [0.29, 0.717) is 0 Å². The molecule has 5 rings (SSSR count). The molecule has 146 valence electrons. The van der Waals surface area contributed by atoms with Crippen molar-refractivity contribution in [1.82, 2.24) is 9.80 Å². The van der Waals surface area contributed by atoms with E-state index in [2.05, 4.69) is 44.3 Å². The molecule has 28 heavy (non-hydrogen) atoms. The quantitative estimate of drug-likeness (QED) is 0.736. The lowest BCUT2D eigenvalue weighted by atomic mass is 9.91. The van der Waals surface area contributed by atoms with Gasteiger partial charge in [0.05, 0.1) is 31.7 Å². The number of morpholine rings is 1. The molecule has 4 aliphatic rings. The second kappa shape index (κ2) is 7.89. The monoisotopic (exact) mass is 378 g/mol. The van der Waals surface area contributed by atoms with Gasteiger partial charge in [0.2, 0.25) is 0 Å². The maximum Gasteiger partial charge on any atom is 0.120 e. The summed E-state index contributed by atoms with van der Waals surface area (Å²) >= 11 is 0. The zero-order valence-corrected chi connectivity index (χ0v) is 16.1. The van der Waals surface area contributed by atoms with Gasteiger partial charge in [-0.2, -0.15) is 10.2 Å². The molecule has 1 aromatic carbocycles. The first-order chi connectivity index (χ1) is 13.9. The maximum atomic E-state index is 6.10. The summed E-state index contributed by atoms with van der Waals surface area (Å²) in [5.74, 6) is 0.948. The molecule has 0 unspecified atom stereocenters. The van der Waals surface area contributed by atoms with Crippen LogP contribution in [0.5, 0.6) is 5.75 Å². The van der Waals surface area contributed by atoms with Crippen LogP contribution in [-0.2, 0) is 4.74 Å². The highest BCUT2D eigenvalue weighted by atomic mass is 16.5. The number of hydrogen-bond acceptors (Lipinski definition) is 6. The minimum absolute atomic E-state index is 0.740. The number of azo groups is 1. The van der Waals surface area contributed by atoms with Gasteiger partial charge >= 0.3 is 0 Å². The molecule has 1 aromatic rings. The Morgan fingerprint density at radius 2 is 2.04 bits per heavy atom. The van der Waals surface area contributed by atoms with Crippen LogP contribution >= 0.6 is 0 Å². The third-order valence-corrected chi connectivity index (χ3v) is 5.78. The second-order valence-electron chi connectivity index (χ2n) is 7.56. The van der Waals surface area contributed by atoms with E-state index in [-0.39, 0.29) is 0 Å². The van der Waals surface area contributed by atoms with E-state index < -0.39 is 0 Å². The lowest BCUT2D eigenvalue weighted by Crippen LogP contribution is -2.37. The third-order valence-electron chi connectivity index (χ3n) is 5.78. The van der Waals surface area contributed by atoms with E-state index in [0.717, 1.165) is 76.8 Å². The fraction of sp³-hybridized carbons (Fsp3) is 0.455. The largest absolute Gasteiger partial charge is 0.494 e. The van der Waals surface area contributed by atoms with Crippen molar-refractivity contribution in [2.24, 2.45) is 10.2 Å². The highest BCUT2D eigenvalue weighted by Crippen LogP contribution is 2.41. The van der Waals surface area contributed by atoms with Crippen LogP contribution in [0.15, 0.2) is 52.5 Å². The zero-order valence-electron chi connectivity index (χ0n) is 16.1. The molecule has 4 aliphatic heterocycles. The average molecular weight is 378 g/mol. The summed E-state index contributed by atoms with van der Waals surface area (Å²) in [7, 11) is 0. The van der Waals surface area contributed by atoms with Crippen molar-refractivity contribution in [2.75, 3.05) is 52.5 Å². The number of hydrogen-bond donors (Lipinski definition) is 0. The van der Waals surface area contributed by atoms with Crippen molar-refractivity contribution in [1.29, 1.82) is 0 Å². The molecule has 0 atom stereocenters. The van der Waals surface area contributed by atoms with Crippen LogP contribution in [0.3, 0.4) is 0 Å². The van der Waals surface area contributed by atoms with E-state index in [1.54, 1.807) is 6.20 Å². The minimum atomic E-state index is 0.740. The number of benzene rings is 1. The number of nitrogens with zero attached hydrogens (tertiary/aromatic N) is 4. The molecule has 0 N–H and O–H groups in total. The number of fused-ring (bicyclic) bond motifs is 3. The van der Waals surface area contributed by atoms with Crippen LogP contribution in [0.1, 0.15) is 24.0 Å². The highest BCUT2D eigenvalue weighted by Gasteiger charge is 2.29. The Kier molecular flexibility index (Phi) is 4.97. The van der Waals surface area contributed by atoms with Crippen molar-refractivity contribution < 1.29 is 9.47 Å². The lowest BCUT2D eigenvalue weighted by molar-refractivity contribution is 0.0358. The van der Waals surface area contributed by atoms with Gasteiger partial charge in [0.25, 0.3) is 0 Å². The van der Waals surface area contributed by atoms with Gasteiger partial charge in [-0.1, -0.05) is 12.1 Å². The Balaban J connectivity index is 1.31. The van der Waals surface area contributed by atoms with Crippen molar-refractivity contribution >= 4 is 11.3 Å². The molecule has 4 heterocycles. The smallest absolute Gasteiger partial charge is 0.120 e. The first-order valence-electron chi connectivity index (χ1n) is 10.2.